The maximum Gasteiger partial charge on any atom is 0.293 e. The fraction of sp³-hybridized carbons (Fsp3) is 0.273. The summed E-state index contributed by atoms with van der Waals surface area (Å²) in [4.78, 5) is 25.1. The largest absolute Gasteiger partial charge is 0.502 e. The Morgan fingerprint density at radius 3 is 2.67 bits per heavy atom. The van der Waals surface area contributed by atoms with Crippen LogP contribution >= 0.6 is 0 Å². The van der Waals surface area contributed by atoms with Crippen molar-refractivity contribution in [1.29, 1.82) is 0 Å². The minimum absolute atomic E-state index is 0.0601. The molecule has 1 unspecified atom stereocenters. The van der Waals surface area contributed by atoms with Crippen LogP contribution in [0, 0.1) is 5.92 Å². The summed E-state index contributed by atoms with van der Waals surface area (Å²) in [5.74, 6) is -0.549. The van der Waals surface area contributed by atoms with E-state index in [2.05, 4.69) is 23.5 Å². The second-order valence-electron chi connectivity index (χ2n) is 7.19. The normalized spacial score (nSPS) is 16.1. The highest BCUT2D eigenvalue weighted by Crippen LogP contribution is 2.26. The molecule has 1 aliphatic carbocycles. The number of pyridine rings is 1. The van der Waals surface area contributed by atoms with Crippen LogP contribution in [0.3, 0.4) is 0 Å². The predicted molar refractivity (Wildman–Crippen MR) is 105 cm³/mol. The number of carbonyl (C=O) groups excluding carboxylic acids is 1. The van der Waals surface area contributed by atoms with Gasteiger partial charge in [-0.1, -0.05) is 42.5 Å². The molecule has 0 saturated heterocycles. The fourth-order valence-electron chi connectivity index (χ4n) is 3.98. The molecule has 5 nitrogen and oxygen atoms in total. The fourth-order valence-corrected chi connectivity index (χ4v) is 3.98. The van der Waals surface area contributed by atoms with Crippen LogP contribution in [0.4, 0.5) is 0 Å². The van der Waals surface area contributed by atoms with Gasteiger partial charge in [-0.2, -0.15) is 0 Å². The SMILES string of the molecule is Cn1c(=O)c(O)c(C(=O)NCC2CCc3ccccc3C2)c2ccccc21. The van der Waals surface area contributed by atoms with Crippen LogP contribution in [0.15, 0.2) is 53.3 Å². The van der Waals surface area contributed by atoms with Crippen molar-refractivity contribution in [3.63, 3.8) is 0 Å². The molecule has 0 radical (unpaired) electrons. The summed E-state index contributed by atoms with van der Waals surface area (Å²) in [7, 11) is 1.59. The van der Waals surface area contributed by atoms with Crippen LogP contribution in [0.5, 0.6) is 5.75 Å². The van der Waals surface area contributed by atoms with Gasteiger partial charge in [-0.25, -0.2) is 0 Å². The summed E-state index contributed by atoms with van der Waals surface area (Å²) < 4.78 is 1.36. The van der Waals surface area contributed by atoms with Gasteiger partial charge in [0.1, 0.15) is 0 Å². The molecule has 1 atom stereocenters. The van der Waals surface area contributed by atoms with Gasteiger partial charge < -0.3 is 15.0 Å². The lowest BCUT2D eigenvalue weighted by Gasteiger charge is -2.25. The maximum absolute atomic E-state index is 12.8. The third-order valence-corrected chi connectivity index (χ3v) is 5.51. The number of nitrogens with zero attached hydrogens (tertiary/aromatic N) is 1. The molecule has 1 heterocycles. The Hall–Kier alpha value is -3.08. The molecule has 1 aromatic heterocycles. The van der Waals surface area contributed by atoms with Gasteiger partial charge in [-0.05, 0) is 42.4 Å². The van der Waals surface area contributed by atoms with Gasteiger partial charge in [0, 0.05) is 19.0 Å². The predicted octanol–water partition coefficient (Wildman–Crippen LogP) is 2.78. The van der Waals surface area contributed by atoms with E-state index in [9.17, 15) is 14.7 Å². The number of nitrogens with one attached hydrogen (secondary N) is 1. The molecule has 1 amide bonds. The first-order valence-corrected chi connectivity index (χ1v) is 9.22. The van der Waals surface area contributed by atoms with E-state index in [4.69, 9.17) is 0 Å². The number of fused-ring (bicyclic) bond motifs is 2. The summed E-state index contributed by atoms with van der Waals surface area (Å²) in [5.41, 5.74) is 2.84. The van der Waals surface area contributed by atoms with E-state index in [1.165, 1.54) is 15.7 Å². The van der Waals surface area contributed by atoms with Gasteiger partial charge in [-0.3, -0.25) is 9.59 Å². The standard InChI is InChI=1S/C22H22N2O3/c1-24-18-9-5-4-8-17(18)19(20(25)22(24)27)21(26)23-13-14-10-11-15-6-2-3-7-16(15)12-14/h2-9,14,25H,10-13H2,1H3,(H,23,26). The number of aromatic hydroxyl groups is 1. The van der Waals surface area contributed by atoms with E-state index in [1.54, 1.807) is 31.3 Å². The second kappa shape index (κ2) is 6.91. The summed E-state index contributed by atoms with van der Waals surface area (Å²) in [6, 6.07) is 15.5. The van der Waals surface area contributed by atoms with Gasteiger partial charge in [0.15, 0.2) is 5.75 Å². The van der Waals surface area contributed by atoms with Crippen molar-refractivity contribution < 1.29 is 9.90 Å². The van der Waals surface area contributed by atoms with Crippen LogP contribution in [-0.4, -0.2) is 22.1 Å². The highest BCUT2D eigenvalue weighted by molar-refractivity contribution is 6.08. The smallest absolute Gasteiger partial charge is 0.293 e. The minimum atomic E-state index is -0.564. The zero-order valence-corrected chi connectivity index (χ0v) is 15.2. The summed E-state index contributed by atoms with van der Waals surface area (Å²) in [5, 5.41) is 13.8. The molecule has 3 aromatic rings. The molecule has 2 aromatic carbocycles. The van der Waals surface area contributed by atoms with E-state index in [1.807, 2.05) is 6.07 Å². The van der Waals surface area contributed by atoms with Gasteiger partial charge in [0.2, 0.25) is 0 Å². The van der Waals surface area contributed by atoms with Crippen LogP contribution in [0.1, 0.15) is 27.9 Å². The van der Waals surface area contributed by atoms with Crippen molar-refractivity contribution >= 4 is 16.8 Å². The highest BCUT2D eigenvalue weighted by atomic mass is 16.3. The molecule has 0 spiro atoms. The number of para-hydroxylation sites is 1. The molecule has 0 fully saturated rings. The van der Waals surface area contributed by atoms with Crippen molar-refractivity contribution in [1.82, 2.24) is 9.88 Å². The molecule has 0 aliphatic heterocycles. The Balaban J connectivity index is 1.57. The molecule has 138 valence electrons. The van der Waals surface area contributed by atoms with E-state index < -0.39 is 17.2 Å². The lowest BCUT2D eigenvalue weighted by Crippen LogP contribution is -2.33. The number of benzene rings is 2. The maximum atomic E-state index is 12.8. The Bertz CT molecular complexity index is 1080. The number of rotatable bonds is 3. The van der Waals surface area contributed by atoms with Crippen molar-refractivity contribution in [2.45, 2.75) is 19.3 Å². The van der Waals surface area contributed by atoms with Gasteiger partial charge in [0.05, 0.1) is 11.1 Å². The van der Waals surface area contributed by atoms with Gasteiger partial charge in [0.25, 0.3) is 11.5 Å². The quantitative estimate of drug-likeness (QED) is 0.753. The molecule has 4 rings (SSSR count). The Kier molecular flexibility index (Phi) is 4.44. The number of aromatic nitrogens is 1. The van der Waals surface area contributed by atoms with Crippen molar-refractivity contribution in [2.75, 3.05) is 6.54 Å². The topological polar surface area (TPSA) is 71.3 Å². The van der Waals surface area contributed by atoms with Crippen LogP contribution in [-0.2, 0) is 19.9 Å². The average Bonchev–Trinajstić information content (AvgIpc) is 2.70. The van der Waals surface area contributed by atoms with Crippen LogP contribution in [0.2, 0.25) is 0 Å². The zero-order valence-electron chi connectivity index (χ0n) is 15.2. The number of hydrogen-bond donors (Lipinski definition) is 2. The monoisotopic (exact) mass is 362 g/mol. The first-order chi connectivity index (χ1) is 13.1. The first-order valence-electron chi connectivity index (χ1n) is 9.22. The molecule has 0 saturated carbocycles. The second-order valence-corrected chi connectivity index (χ2v) is 7.19. The molecule has 1 aliphatic rings. The summed E-state index contributed by atoms with van der Waals surface area (Å²) in [6.45, 7) is 0.524. The van der Waals surface area contributed by atoms with Crippen LogP contribution < -0.4 is 10.9 Å². The number of carbonyl (C=O) groups is 1. The van der Waals surface area contributed by atoms with E-state index in [-0.39, 0.29) is 5.56 Å². The summed E-state index contributed by atoms with van der Waals surface area (Å²) >= 11 is 0. The number of amides is 1. The minimum Gasteiger partial charge on any atom is -0.502 e. The molecule has 27 heavy (non-hydrogen) atoms. The Morgan fingerprint density at radius 1 is 1.15 bits per heavy atom. The first kappa shape index (κ1) is 17.3. The van der Waals surface area contributed by atoms with E-state index in [0.717, 1.165) is 19.3 Å². The van der Waals surface area contributed by atoms with Crippen molar-refractivity contribution in [3.05, 3.63) is 75.6 Å². The molecular formula is C22H22N2O3. The average molecular weight is 362 g/mol. The third-order valence-electron chi connectivity index (χ3n) is 5.51. The Morgan fingerprint density at radius 2 is 1.85 bits per heavy atom. The van der Waals surface area contributed by atoms with E-state index in [0.29, 0.717) is 23.4 Å². The molecule has 0 bridgehead atoms. The zero-order chi connectivity index (χ0) is 19.0. The van der Waals surface area contributed by atoms with Gasteiger partial charge in [-0.15, -0.1) is 0 Å². The lowest BCUT2D eigenvalue weighted by atomic mass is 9.84. The Labute approximate surface area is 157 Å². The molecular weight excluding hydrogens is 340 g/mol. The lowest BCUT2D eigenvalue weighted by molar-refractivity contribution is 0.0944. The number of hydrogen-bond acceptors (Lipinski definition) is 3. The van der Waals surface area contributed by atoms with Crippen molar-refractivity contribution in [3.8, 4) is 5.75 Å². The number of aryl methyl sites for hydroxylation is 2. The van der Waals surface area contributed by atoms with E-state index >= 15 is 0 Å². The van der Waals surface area contributed by atoms with Crippen molar-refractivity contribution in [2.24, 2.45) is 13.0 Å². The highest BCUT2D eigenvalue weighted by Gasteiger charge is 2.23. The molecule has 2 N–H and O–H groups in total. The molecule has 5 heteroatoms. The summed E-state index contributed by atoms with van der Waals surface area (Å²) in [6.07, 6.45) is 2.96. The third kappa shape index (κ3) is 3.10. The van der Waals surface area contributed by atoms with Crippen LogP contribution in [0.25, 0.3) is 10.9 Å². The van der Waals surface area contributed by atoms with Gasteiger partial charge >= 0.3 is 0 Å².